The first-order valence-corrected chi connectivity index (χ1v) is 8.85. The topological polar surface area (TPSA) is 44.4 Å². The minimum absolute atomic E-state index is 0.0232. The molecule has 1 amide bonds. The fourth-order valence-electron chi connectivity index (χ4n) is 2.82. The monoisotopic (exact) mass is 347 g/mol. The van der Waals surface area contributed by atoms with Crippen LogP contribution in [0.3, 0.4) is 0 Å². The number of fused-ring (bicyclic) bond motifs is 1. The van der Waals surface area contributed by atoms with Gasteiger partial charge in [-0.2, -0.15) is 0 Å². The van der Waals surface area contributed by atoms with Crippen molar-refractivity contribution in [3.05, 3.63) is 35.4 Å². The van der Waals surface area contributed by atoms with Gasteiger partial charge in [-0.1, -0.05) is 24.3 Å². The van der Waals surface area contributed by atoms with Gasteiger partial charge in [-0.25, -0.2) is 0 Å². The van der Waals surface area contributed by atoms with Gasteiger partial charge < -0.3 is 15.5 Å². The molecule has 1 aliphatic rings. The molecular weight excluding hydrogens is 318 g/mol. The molecule has 1 atom stereocenters. The number of carbonyl (C=O) groups is 1. The van der Waals surface area contributed by atoms with Gasteiger partial charge in [0.1, 0.15) is 6.04 Å². The second-order valence-corrected chi connectivity index (χ2v) is 8.92. The van der Waals surface area contributed by atoms with Gasteiger partial charge in [0.15, 0.2) is 5.11 Å². The third kappa shape index (κ3) is 4.94. The molecule has 0 saturated carbocycles. The Morgan fingerprint density at radius 2 is 1.58 bits per heavy atom. The molecule has 1 aliphatic heterocycles. The maximum absolute atomic E-state index is 12.9. The minimum Gasteiger partial charge on any atom is -0.358 e. The smallest absolute Gasteiger partial charge is 0.243 e. The number of hydrogen-bond donors (Lipinski definition) is 2. The Morgan fingerprint density at radius 3 is 2.12 bits per heavy atom. The molecule has 0 spiro atoms. The summed E-state index contributed by atoms with van der Waals surface area (Å²) in [5, 5.41) is 7.07. The summed E-state index contributed by atoms with van der Waals surface area (Å²) < 4.78 is 0. The van der Waals surface area contributed by atoms with Crippen LogP contribution in [0.1, 0.15) is 52.7 Å². The third-order valence-corrected chi connectivity index (χ3v) is 4.13. The number of rotatable bonds is 1. The average molecular weight is 348 g/mol. The highest BCUT2D eigenvalue weighted by Gasteiger charge is 2.35. The fraction of sp³-hybridized carbons (Fsp3) is 0.579. The lowest BCUT2D eigenvalue weighted by molar-refractivity contribution is -0.127. The number of thiocarbonyl (C=S) groups is 1. The molecule has 0 saturated heterocycles. The van der Waals surface area contributed by atoms with Crippen LogP contribution in [0.5, 0.6) is 0 Å². The SMILES string of the molecule is CC(C)(C)NC(=O)[C@H]1Cc2ccccc2CN1C(=S)NC(C)(C)C. The van der Waals surface area contributed by atoms with Crippen molar-refractivity contribution < 1.29 is 4.79 Å². The van der Waals surface area contributed by atoms with Gasteiger partial charge in [0.2, 0.25) is 5.91 Å². The molecule has 24 heavy (non-hydrogen) atoms. The molecule has 1 aromatic rings. The van der Waals surface area contributed by atoms with Crippen molar-refractivity contribution in [1.82, 2.24) is 15.5 Å². The lowest BCUT2D eigenvalue weighted by Gasteiger charge is -2.40. The van der Waals surface area contributed by atoms with Gasteiger partial charge in [0, 0.05) is 24.0 Å². The highest BCUT2D eigenvalue weighted by Crippen LogP contribution is 2.24. The van der Waals surface area contributed by atoms with Gasteiger partial charge in [0.05, 0.1) is 0 Å². The molecule has 2 N–H and O–H groups in total. The first-order valence-electron chi connectivity index (χ1n) is 8.44. The summed E-state index contributed by atoms with van der Waals surface area (Å²) in [6.45, 7) is 12.9. The predicted octanol–water partition coefficient (Wildman–Crippen LogP) is 3.00. The van der Waals surface area contributed by atoms with Crippen LogP contribution in [0.15, 0.2) is 24.3 Å². The maximum atomic E-state index is 12.9. The number of nitrogens with zero attached hydrogens (tertiary/aromatic N) is 1. The Labute approximate surface area is 151 Å². The van der Waals surface area contributed by atoms with E-state index in [1.54, 1.807) is 0 Å². The summed E-state index contributed by atoms with van der Waals surface area (Å²) in [5.74, 6) is 0.0232. The zero-order valence-corrected chi connectivity index (χ0v) is 16.4. The van der Waals surface area contributed by atoms with Crippen molar-refractivity contribution in [3.8, 4) is 0 Å². The van der Waals surface area contributed by atoms with Crippen molar-refractivity contribution in [1.29, 1.82) is 0 Å². The highest BCUT2D eigenvalue weighted by molar-refractivity contribution is 7.80. The first-order chi connectivity index (χ1) is 11.0. The largest absolute Gasteiger partial charge is 0.358 e. The van der Waals surface area contributed by atoms with Crippen LogP contribution in [-0.2, 0) is 17.8 Å². The Balaban J connectivity index is 2.29. The molecule has 5 heteroatoms. The number of benzene rings is 1. The molecule has 4 nitrogen and oxygen atoms in total. The van der Waals surface area contributed by atoms with Gasteiger partial charge >= 0.3 is 0 Å². The predicted molar refractivity (Wildman–Crippen MR) is 103 cm³/mol. The molecular formula is C19H29N3OS. The third-order valence-electron chi connectivity index (χ3n) is 3.79. The van der Waals surface area contributed by atoms with Crippen LogP contribution in [0, 0.1) is 0 Å². The summed E-state index contributed by atoms with van der Waals surface area (Å²) in [6.07, 6.45) is 0.671. The number of hydrogen-bond acceptors (Lipinski definition) is 2. The molecule has 1 heterocycles. The zero-order chi connectivity index (χ0) is 18.1. The van der Waals surface area contributed by atoms with E-state index in [9.17, 15) is 4.79 Å². The lowest BCUT2D eigenvalue weighted by Crippen LogP contribution is -2.59. The van der Waals surface area contributed by atoms with Gasteiger partial charge in [-0.3, -0.25) is 4.79 Å². The van der Waals surface area contributed by atoms with Crippen LogP contribution in [0.25, 0.3) is 0 Å². The van der Waals surface area contributed by atoms with Crippen LogP contribution >= 0.6 is 12.2 Å². The van der Waals surface area contributed by atoms with Crippen LogP contribution in [0.2, 0.25) is 0 Å². The summed E-state index contributed by atoms with van der Waals surface area (Å²) >= 11 is 5.62. The lowest BCUT2D eigenvalue weighted by atomic mass is 9.93. The van der Waals surface area contributed by atoms with Crippen LogP contribution < -0.4 is 10.6 Å². The van der Waals surface area contributed by atoms with E-state index in [4.69, 9.17) is 12.2 Å². The molecule has 0 radical (unpaired) electrons. The van der Waals surface area contributed by atoms with Gasteiger partial charge in [-0.05, 0) is 64.9 Å². The Hall–Kier alpha value is -1.62. The van der Waals surface area contributed by atoms with E-state index in [1.165, 1.54) is 11.1 Å². The van der Waals surface area contributed by atoms with Crippen molar-refractivity contribution in [2.24, 2.45) is 0 Å². The van der Waals surface area contributed by atoms with E-state index in [-0.39, 0.29) is 23.0 Å². The van der Waals surface area contributed by atoms with Gasteiger partial charge in [0.25, 0.3) is 0 Å². The molecule has 1 aromatic carbocycles. The quantitative estimate of drug-likeness (QED) is 0.767. The molecule has 0 aromatic heterocycles. The molecule has 2 rings (SSSR count). The summed E-state index contributed by atoms with van der Waals surface area (Å²) in [4.78, 5) is 14.9. The zero-order valence-electron chi connectivity index (χ0n) is 15.6. The summed E-state index contributed by atoms with van der Waals surface area (Å²) in [7, 11) is 0. The Morgan fingerprint density at radius 1 is 1.04 bits per heavy atom. The summed E-state index contributed by atoms with van der Waals surface area (Å²) in [6, 6.07) is 7.98. The summed E-state index contributed by atoms with van der Waals surface area (Å²) in [5.41, 5.74) is 2.05. The second kappa shape index (κ2) is 6.71. The van der Waals surface area contributed by atoms with Crippen molar-refractivity contribution in [2.75, 3.05) is 0 Å². The van der Waals surface area contributed by atoms with E-state index < -0.39 is 0 Å². The van der Waals surface area contributed by atoms with E-state index in [0.29, 0.717) is 18.1 Å². The van der Waals surface area contributed by atoms with Crippen molar-refractivity contribution in [2.45, 2.75) is 71.6 Å². The standard InChI is InChI=1S/C19H29N3OS/c1-18(2,3)20-16(23)15-11-13-9-7-8-10-14(13)12-22(15)17(24)21-19(4,5)6/h7-10,15H,11-12H2,1-6H3,(H,20,23)(H,21,24)/t15-/m1/s1. The van der Waals surface area contributed by atoms with E-state index in [2.05, 4.69) is 43.5 Å². The van der Waals surface area contributed by atoms with Crippen LogP contribution in [0.4, 0.5) is 0 Å². The molecule has 0 unspecified atom stereocenters. The first kappa shape index (κ1) is 18.7. The van der Waals surface area contributed by atoms with Crippen molar-refractivity contribution >= 4 is 23.2 Å². The molecule has 0 aliphatic carbocycles. The van der Waals surface area contributed by atoms with Crippen LogP contribution in [-0.4, -0.2) is 33.0 Å². The Bertz CT molecular complexity index is 573. The van der Waals surface area contributed by atoms with E-state index in [0.717, 1.165) is 0 Å². The maximum Gasteiger partial charge on any atom is 0.243 e. The molecule has 132 valence electrons. The molecule has 0 fully saturated rings. The number of carbonyl (C=O) groups excluding carboxylic acids is 1. The number of nitrogens with one attached hydrogen (secondary N) is 2. The Kier molecular flexibility index (Phi) is 5.23. The second-order valence-electron chi connectivity index (χ2n) is 8.54. The van der Waals surface area contributed by atoms with E-state index in [1.807, 2.05) is 37.8 Å². The van der Waals surface area contributed by atoms with Crippen molar-refractivity contribution in [3.63, 3.8) is 0 Å². The average Bonchev–Trinajstić information content (AvgIpc) is 2.42. The van der Waals surface area contributed by atoms with E-state index >= 15 is 0 Å². The molecule has 0 bridgehead atoms. The fourth-order valence-corrected chi connectivity index (χ4v) is 3.31. The number of amides is 1. The minimum atomic E-state index is -0.290. The van der Waals surface area contributed by atoms with Gasteiger partial charge in [-0.15, -0.1) is 0 Å². The highest BCUT2D eigenvalue weighted by atomic mass is 32.1. The normalized spacial score (nSPS) is 17.9.